The lowest BCUT2D eigenvalue weighted by molar-refractivity contribution is 0.157. The van der Waals surface area contributed by atoms with Crippen LogP contribution in [0, 0.1) is 24.2 Å². The van der Waals surface area contributed by atoms with Gasteiger partial charge >= 0.3 is 0 Å². The van der Waals surface area contributed by atoms with E-state index in [-0.39, 0.29) is 5.56 Å². The standard InChI is InChI=1S/C25H32ClN3O/c1-3-4-5-6-24(20-7-8-21(15-27)18(2)13-20)19-9-11-29(12-10-19)17-22-14-23(26)16-28-25(22)30/h7-8,13-14,16,19,24H,3-6,9-12,17H2,1-2H3,(H,28,30). The molecule has 0 spiro atoms. The van der Waals surface area contributed by atoms with Gasteiger partial charge in [0.15, 0.2) is 0 Å². The van der Waals surface area contributed by atoms with Gasteiger partial charge < -0.3 is 4.98 Å². The highest BCUT2D eigenvalue weighted by atomic mass is 35.5. The van der Waals surface area contributed by atoms with Crippen molar-refractivity contribution in [3.8, 4) is 6.07 Å². The number of rotatable bonds is 8. The lowest BCUT2D eigenvalue weighted by atomic mass is 9.76. The van der Waals surface area contributed by atoms with Crippen LogP contribution in [-0.4, -0.2) is 23.0 Å². The lowest BCUT2D eigenvalue weighted by Gasteiger charge is -2.36. The van der Waals surface area contributed by atoms with Gasteiger partial charge in [0.25, 0.3) is 5.56 Å². The number of likely N-dealkylation sites (tertiary alicyclic amines) is 1. The van der Waals surface area contributed by atoms with Gasteiger partial charge in [-0.05, 0) is 74.4 Å². The van der Waals surface area contributed by atoms with Gasteiger partial charge in [0.2, 0.25) is 0 Å². The Morgan fingerprint density at radius 1 is 1.27 bits per heavy atom. The Kier molecular flexibility index (Phi) is 8.13. The fourth-order valence-corrected chi connectivity index (χ4v) is 4.89. The Bertz CT molecular complexity index is 938. The number of nitrogens with zero attached hydrogens (tertiary/aromatic N) is 2. The Labute approximate surface area is 184 Å². The van der Waals surface area contributed by atoms with Crippen molar-refractivity contribution in [2.75, 3.05) is 13.1 Å². The molecule has 160 valence electrons. The van der Waals surface area contributed by atoms with Crippen LogP contribution >= 0.6 is 11.6 Å². The maximum absolute atomic E-state index is 12.1. The van der Waals surface area contributed by atoms with E-state index in [1.54, 1.807) is 12.3 Å². The number of nitrogens with one attached hydrogen (secondary N) is 1. The van der Waals surface area contributed by atoms with Gasteiger partial charge in [-0.2, -0.15) is 5.26 Å². The third-order valence-corrected chi connectivity index (χ3v) is 6.68. The van der Waals surface area contributed by atoms with Crippen LogP contribution < -0.4 is 5.56 Å². The number of nitriles is 1. The smallest absolute Gasteiger partial charge is 0.252 e. The van der Waals surface area contributed by atoms with Crippen molar-refractivity contribution in [3.63, 3.8) is 0 Å². The van der Waals surface area contributed by atoms with Gasteiger partial charge in [0.05, 0.1) is 16.7 Å². The van der Waals surface area contributed by atoms with E-state index in [1.807, 2.05) is 13.0 Å². The van der Waals surface area contributed by atoms with E-state index in [9.17, 15) is 10.1 Å². The van der Waals surface area contributed by atoms with Crippen LogP contribution in [0.2, 0.25) is 5.02 Å². The molecule has 0 amide bonds. The molecule has 1 saturated heterocycles. The van der Waals surface area contributed by atoms with Crippen molar-refractivity contribution < 1.29 is 0 Å². The number of benzene rings is 1. The molecule has 3 rings (SSSR count). The first-order valence-corrected chi connectivity index (χ1v) is 11.5. The Balaban J connectivity index is 1.68. The molecular weight excluding hydrogens is 394 g/mol. The number of halogens is 1. The minimum atomic E-state index is -0.0491. The number of piperidine rings is 1. The molecule has 2 aromatic rings. The highest BCUT2D eigenvalue weighted by Crippen LogP contribution is 2.37. The maximum atomic E-state index is 12.1. The summed E-state index contributed by atoms with van der Waals surface area (Å²) in [6.07, 6.45) is 8.76. The third-order valence-electron chi connectivity index (χ3n) is 6.46. The Morgan fingerprint density at radius 2 is 2.03 bits per heavy atom. The number of aryl methyl sites for hydroxylation is 1. The number of aromatic amines is 1. The predicted octanol–water partition coefficient (Wildman–Crippen LogP) is 5.78. The molecule has 0 radical (unpaired) electrons. The molecule has 1 atom stereocenters. The van der Waals surface area contributed by atoms with Crippen molar-refractivity contribution in [1.82, 2.24) is 9.88 Å². The van der Waals surface area contributed by atoms with Crippen LogP contribution in [-0.2, 0) is 6.54 Å². The largest absolute Gasteiger partial charge is 0.327 e. The number of hydrogen-bond donors (Lipinski definition) is 1. The highest BCUT2D eigenvalue weighted by Gasteiger charge is 2.28. The van der Waals surface area contributed by atoms with E-state index in [0.717, 1.165) is 42.6 Å². The summed E-state index contributed by atoms with van der Waals surface area (Å²) in [7, 11) is 0. The Hall–Kier alpha value is -2.09. The second-order valence-corrected chi connectivity index (χ2v) is 9.01. The number of aromatic nitrogens is 1. The van der Waals surface area contributed by atoms with Gasteiger partial charge in [-0.3, -0.25) is 9.69 Å². The molecule has 0 saturated carbocycles. The van der Waals surface area contributed by atoms with Crippen LogP contribution in [0.3, 0.4) is 0 Å². The summed E-state index contributed by atoms with van der Waals surface area (Å²) < 4.78 is 0. The summed E-state index contributed by atoms with van der Waals surface area (Å²) in [5, 5.41) is 9.84. The monoisotopic (exact) mass is 425 g/mol. The second-order valence-electron chi connectivity index (χ2n) is 8.57. The molecule has 1 fully saturated rings. The van der Waals surface area contributed by atoms with Crippen LogP contribution in [0.5, 0.6) is 0 Å². The molecule has 1 aromatic heterocycles. The van der Waals surface area contributed by atoms with E-state index in [4.69, 9.17) is 11.6 Å². The molecule has 1 aliphatic heterocycles. The summed E-state index contributed by atoms with van der Waals surface area (Å²) in [4.78, 5) is 17.1. The molecule has 0 bridgehead atoms. The van der Waals surface area contributed by atoms with E-state index >= 15 is 0 Å². The predicted molar refractivity (Wildman–Crippen MR) is 123 cm³/mol. The molecule has 1 aliphatic rings. The van der Waals surface area contributed by atoms with Crippen molar-refractivity contribution >= 4 is 11.6 Å². The first-order chi connectivity index (χ1) is 14.5. The van der Waals surface area contributed by atoms with Gasteiger partial charge in [0.1, 0.15) is 0 Å². The van der Waals surface area contributed by atoms with Gasteiger partial charge in [-0.25, -0.2) is 0 Å². The highest BCUT2D eigenvalue weighted by molar-refractivity contribution is 6.30. The summed E-state index contributed by atoms with van der Waals surface area (Å²) in [6.45, 7) is 6.93. The van der Waals surface area contributed by atoms with Crippen LogP contribution in [0.25, 0.3) is 0 Å². The van der Waals surface area contributed by atoms with Crippen molar-refractivity contribution in [1.29, 1.82) is 5.26 Å². The maximum Gasteiger partial charge on any atom is 0.252 e. The van der Waals surface area contributed by atoms with Crippen LogP contribution in [0.15, 0.2) is 35.3 Å². The zero-order chi connectivity index (χ0) is 21.5. The third kappa shape index (κ3) is 5.74. The van der Waals surface area contributed by atoms with Gasteiger partial charge in [-0.15, -0.1) is 0 Å². The number of H-pyrrole nitrogens is 1. The molecule has 2 heterocycles. The van der Waals surface area contributed by atoms with Gasteiger partial charge in [-0.1, -0.05) is 49.9 Å². The SMILES string of the molecule is CCCCCC(c1ccc(C#N)c(C)c1)C1CCN(Cc2cc(Cl)c[nH]c2=O)CC1. The molecule has 5 heteroatoms. The fraction of sp³-hybridized carbons (Fsp3) is 0.520. The molecule has 1 unspecified atom stereocenters. The number of pyridine rings is 1. The quantitative estimate of drug-likeness (QED) is 0.545. The summed E-state index contributed by atoms with van der Waals surface area (Å²) in [5.41, 5.74) is 3.92. The molecule has 1 N–H and O–H groups in total. The molecular formula is C25H32ClN3O. The van der Waals surface area contributed by atoms with Crippen molar-refractivity contribution in [3.05, 3.63) is 68.1 Å². The minimum Gasteiger partial charge on any atom is -0.327 e. The van der Waals surface area contributed by atoms with Crippen molar-refractivity contribution in [2.24, 2.45) is 5.92 Å². The molecule has 30 heavy (non-hydrogen) atoms. The average molecular weight is 426 g/mol. The van der Waals surface area contributed by atoms with Gasteiger partial charge in [0, 0.05) is 18.3 Å². The number of unbranched alkanes of at least 4 members (excludes halogenated alkanes) is 2. The summed E-state index contributed by atoms with van der Waals surface area (Å²) >= 11 is 6.05. The molecule has 0 aliphatic carbocycles. The topological polar surface area (TPSA) is 59.9 Å². The molecule has 4 nitrogen and oxygen atoms in total. The number of hydrogen-bond acceptors (Lipinski definition) is 3. The van der Waals surface area contributed by atoms with E-state index < -0.39 is 0 Å². The second kappa shape index (κ2) is 10.8. The van der Waals surface area contributed by atoms with E-state index in [1.165, 1.54) is 31.2 Å². The summed E-state index contributed by atoms with van der Waals surface area (Å²) in [6, 6.07) is 10.4. The Morgan fingerprint density at radius 3 is 2.70 bits per heavy atom. The normalized spacial score (nSPS) is 16.3. The fourth-order valence-electron chi connectivity index (χ4n) is 4.70. The van der Waals surface area contributed by atoms with E-state index in [2.05, 4.69) is 35.0 Å². The van der Waals surface area contributed by atoms with Crippen molar-refractivity contribution in [2.45, 2.75) is 64.8 Å². The average Bonchev–Trinajstić information content (AvgIpc) is 2.75. The zero-order valence-corrected chi connectivity index (χ0v) is 18.8. The summed E-state index contributed by atoms with van der Waals surface area (Å²) in [5.74, 6) is 1.18. The van der Waals surface area contributed by atoms with Crippen LogP contribution in [0.4, 0.5) is 0 Å². The molecule has 1 aromatic carbocycles. The minimum absolute atomic E-state index is 0.0491. The zero-order valence-electron chi connectivity index (χ0n) is 18.1. The van der Waals surface area contributed by atoms with E-state index in [0.29, 0.717) is 23.4 Å². The first kappa shape index (κ1) is 22.6. The van der Waals surface area contributed by atoms with Crippen LogP contribution in [0.1, 0.15) is 73.6 Å². The lowest BCUT2D eigenvalue weighted by Crippen LogP contribution is -2.36. The first-order valence-electron chi connectivity index (χ1n) is 11.1.